The van der Waals surface area contributed by atoms with E-state index in [1.165, 1.54) is 12.0 Å². The summed E-state index contributed by atoms with van der Waals surface area (Å²) in [4.78, 5) is 19.3. The highest BCUT2D eigenvalue weighted by molar-refractivity contribution is 7.10. The Labute approximate surface area is 188 Å². The molecule has 1 aromatic heterocycles. The molecule has 0 bridgehead atoms. The van der Waals surface area contributed by atoms with Crippen molar-refractivity contribution in [3.63, 3.8) is 0 Å². The Morgan fingerprint density at radius 1 is 1.00 bits per heavy atom. The van der Waals surface area contributed by atoms with Crippen molar-refractivity contribution in [1.82, 2.24) is 9.80 Å². The molecule has 31 heavy (non-hydrogen) atoms. The maximum absolute atomic E-state index is 13.1. The van der Waals surface area contributed by atoms with Gasteiger partial charge in [-0.3, -0.25) is 9.69 Å². The normalized spacial score (nSPS) is 17.4. The van der Waals surface area contributed by atoms with Crippen molar-refractivity contribution in [1.29, 1.82) is 0 Å². The molecule has 2 aromatic carbocycles. The van der Waals surface area contributed by atoms with Crippen LogP contribution >= 0.6 is 11.3 Å². The molecule has 1 amide bonds. The van der Waals surface area contributed by atoms with Crippen molar-refractivity contribution in [3.8, 4) is 5.75 Å². The Hall–Kier alpha value is -2.63. The summed E-state index contributed by atoms with van der Waals surface area (Å²) in [5.74, 6) is 0.854. The monoisotopic (exact) mass is 432 g/mol. The Kier molecular flexibility index (Phi) is 6.05. The highest BCUT2D eigenvalue weighted by Crippen LogP contribution is 2.28. The van der Waals surface area contributed by atoms with Crippen LogP contribution in [0.4, 0.5) is 0 Å². The van der Waals surface area contributed by atoms with E-state index >= 15 is 0 Å². The quantitative estimate of drug-likeness (QED) is 0.569. The van der Waals surface area contributed by atoms with Gasteiger partial charge in [0.15, 0.2) is 0 Å². The van der Waals surface area contributed by atoms with Crippen LogP contribution in [0.25, 0.3) is 0 Å². The fraction of sp³-hybridized carbons (Fsp3) is 0.346. The lowest BCUT2D eigenvalue weighted by Gasteiger charge is -2.40. The maximum Gasteiger partial charge on any atom is 0.253 e. The Balaban J connectivity index is 1.16. The second-order valence-corrected chi connectivity index (χ2v) is 9.42. The van der Waals surface area contributed by atoms with Gasteiger partial charge >= 0.3 is 0 Å². The molecule has 0 unspecified atom stereocenters. The van der Waals surface area contributed by atoms with Gasteiger partial charge in [-0.2, -0.15) is 0 Å². The van der Waals surface area contributed by atoms with Crippen molar-refractivity contribution in [3.05, 3.63) is 87.6 Å². The van der Waals surface area contributed by atoms with Crippen LogP contribution in [0.15, 0.2) is 66.0 Å². The maximum atomic E-state index is 13.1. The largest absolute Gasteiger partial charge is 0.489 e. The Morgan fingerprint density at radius 3 is 2.68 bits per heavy atom. The fourth-order valence-electron chi connectivity index (χ4n) is 4.66. The van der Waals surface area contributed by atoms with Gasteiger partial charge in [-0.25, -0.2) is 0 Å². The minimum absolute atomic E-state index is 0.113. The highest BCUT2D eigenvalue weighted by atomic mass is 32.1. The zero-order chi connectivity index (χ0) is 21.0. The standard InChI is InChI=1S/C26H28N2O2S/c29-26(21-7-4-8-24(17-21)30-19-20-5-2-1-3-6-20)27-13-9-23(10-14-27)28-15-11-25-22(18-28)12-16-31-25/h1-8,12,16-17,23H,9-11,13-15,18-19H2. The van der Waals surface area contributed by atoms with Gasteiger partial charge in [0.25, 0.3) is 5.91 Å². The topological polar surface area (TPSA) is 32.8 Å². The first kappa shape index (κ1) is 20.3. The first-order valence-electron chi connectivity index (χ1n) is 11.1. The third-order valence-corrected chi connectivity index (χ3v) is 7.46. The summed E-state index contributed by atoms with van der Waals surface area (Å²) in [6, 6.07) is 20.5. The van der Waals surface area contributed by atoms with Crippen LogP contribution < -0.4 is 4.74 Å². The van der Waals surface area contributed by atoms with Crippen LogP contribution in [0, 0.1) is 0 Å². The smallest absolute Gasteiger partial charge is 0.253 e. The lowest BCUT2D eigenvalue weighted by Crippen LogP contribution is -2.47. The van der Waals surface area contributed by atoms with E-state index in [4.69, 9.17) is 4.74 Å². The molecule has 2 aliphatic rings. The Morgan fingerprint density at radius 2 is 1.84 bits per heavy atom. The fourth-order valence-corrected chi connectivity index (χ4v) is 5.55. The van der Waals surface area contributed by atoms with Crippen LogP contribution in [0.3, 0.4) is 0 Å². The highest BCUT2D eigenvalue weighted by Gasteiger charge is 2.29. The predicted octanol–water partition coefficient (Wildman–Crippen LogP) is 4.99. The number of nitrogens with zero attached hydrogens (tertiary/aromatic N) is 2. The van der Waals surface area contributed by atoms with E-state index in [1.807, 2.05) is 70.8 Å². The number of benzene rings is 2. The molecule has 3 heterocycles. The number of thiophene rings is 1. The summed E-state index contributed by atoms with van der Waals surface area (Å²) in [6.45, 7) is 4.37. The average Bonchev–Trinajstić information content (AvgIpc) is 3.31. The molecule has 160 valence electrons. The van der Waals surface area contributed by atoms with Gasteiger partial charge in [0.1, 0.15) is 12.4 Å². The summed E-state index contributed by atoms with van der Waals surface area (Å²) in [7, 11) is 0. The van der Waals surface area contributed by atoms with E-state index < -0.39 is 0 Å². The summed E-state index contributed by atoms with van der Waals surface area (Å²) >= 11 is 1.89. The number of likely N-dealkylation sites (tertiary alicyclic amines) is 1. The van der Waals surface area contributed by atoms with Crippen LogP contribution in [-0.2, 0) is 19.6 Å². The van der Waals surface area contributed by atoms with Crippen molar-refractivity contribution in [2.24, 2.45) is 0 Å². The number of carbonyl (C=O) groups excluding carboxylic acids is 1. The van der Waals surface area contributed by atoms with E-state index in [0.717, 1.165) is 50.3 Å². The van der Waals surface area contributed by atoms with E-state index in [-0.39, 0.29) is 5.91 Å². The summed E-state index contributed by atoms with van der Waals surface area (Å²) in [6.07, 6.45) is 3.27. The number of carbonyl (C=O) groups is 1. The molecule has 0 spiro atoms. The molecular formula is C26H28N2O2S. The van der Waals surface area contributed by atoms with Gasteiger partial charge in [0, 0.05) is 42.7 Å². The van der Waals surface area contributed by atoms with Gasteiger partial charge < -0.3 is 9.64 Å². The Bertz CT molecular complexity index is 1020. The molecule has 1 saturated heterocycles. The first-order valence-corrected chi connectivity index (χ1v) is 12.0. The van der Waals surface area contributed by atoms with Crippen LogP contribution in [0.5, 0.6) is 5.75 Å². The zero-order valence-corrected chi connectivity index (χ0v) is 18.5. The summed E-state index contributed by atoms with van der Waals surface area (Å²) in [5, 5.41) is 2.22. The SMILES string of the molecule is O=C(c1cccc(OCc2ccccc2)c1)N1CCC(N2CCc3sccc3C2)CC1. The number of ether oxygens (including phenoxy) is 1. The van der Waals surface area contributed by atoms with Crippen molar-refractivity contribution in [2.75, 3.05) is 19.6 Å². The third-order valence-electron chi connectivity index (χ3n) is 6.43. The van der Waals surface area contributed by atoms with E-state index in [0.29, 0.717) is 18.2 Å². The molecule has 1 fully saturated rings. The van der Waals surface area contributed by atoms with Gasteiger partial charge in [0.05, 0.1) is 0 Å². The van der Waals surface area contributed by atoms with E-state index in [2.05, 4.69) is 16.3 Å². The summed E-state index contributed by atoms with van der Waals surface area (Å²) in [5.41, 5.74) is 3.33. The number of hydrogen-bond acceptors (Lipinski definition) is 4. The molecule has 2 aliphatic heterocycles. The first-order chi connectivity index (χ1) is 15.3. The molecule has 0 aliphatic carbocycles. The average molecular weight is 433 g/mol. The van der Waals surface area contributed by atoms with Gasteiger partial charge in [0.2, 0.25) is 0 Å². The summed E-state index contributed by atoms with van der Waals surface area (Å²) < 4.78 is 5.91. The van der Waals surface area contributed by atoms with Crippen LogP contribution in [-0.4, -0.2) is 41.4 Å². The molecule has 0 saturated carbocycles. The number of amides is 1. The molecule has 3 aromatic rings. The zero-order valence-electron chi connectivity index (χ0n) is 17.7. The lowest BCUT2D eigenvalue weighted by atomic mass is 9.99. The van der Waals surface area contributed by atoms with Crippen molar-refractivity contribution in [2.45, 2.75) is 38.5 Å². The second-order valence-electron chi connectivity index (χ2n) is 8.41. The molecule has 4 nitrogen and oxygen atoms in total. The minimum Gasteiger partial charge on any atom is -0.489 e. The lowest BCUT2D eigenvalue weighted by molar-refractivity contribution is 0.0600. The number of piperidine rings is 1. The minimum atomic E-state index is 0.113. The van der Waals surface area contributed by atoms with Crippen molar-refractivity contribution >= 4 is 17.2 Å². The predicted molar refractivity (Wildman–Crippen MR) is 125 cm³/mol. The van der Waals surface area contributed by atoms with Gasteiger partial charge in [-0.15, -0.1) is 11.3 Å². The van der Waals surface area contributed by atoms with E-state index in [1.54, 1.807) is 4.88 Å². The van der Waals surface area contributed by atoms with E-state index in [9.17, 15) is 4.79 Å². The molecule has 0 atom stereocenters. The second kappa shape index (κ2) is 9.25. The number of fused-ring (bicyclic) bond motifs is 1. The van der Waals surface area contributed by atoms with Crippen molar-refractivity contribution < 1.29 is 9.53 Å². The number of hydrogen-bond donors (Lipinski definition) is 0. The molecule has 0 N–H and O–H groups in total. The van der Waals surface area contributed by atoms with Gasteiger partial charge in [-0.05, 0) is 60.0 Å². The molecular weight excluding hydrogens is 404 g/mol. The van der Waals surface area contributed by atoms with Gasteiger partial charge in [-0.1, -0.05) is 36.4 Å². The molecule has 0 radical (unpaired) electrons. The molecule has 5 heteroatoms. The van der Waals surface area contributed by atoms with Crippen LogP contribution in [0.2, 0.25) is 0 Å². The third kappa shape index (κ3) is 4.68. The number of rotatable bonds is 5. The van der Waals surface area contributed by atoms with Crippen LogP contribution in [0.1, 0.15) is 39.2 Å². The molecule has 5 rings (SSSR count).